The third kappa shape index (κ3) is 24.5. The highest BCUT2D eigenvalue weighted by atomic mass is 32.2. The average molecular weight is 1550 g/mol. The molecule has 30 heteroatoms. The van der Waals surface area contributed by atoms with E-state index in [0.717, 1.165) is 63.4 Å². The van der Waals surface area contributed by atoms with Gasteiger partial charge in [-0.25, -0.2) is 44.3 Å². The number of nitrogens with zero attached hydrogens (tertiary/aromatic N) is 2. The number of urea groups is 2. The standard InChI is InChI=1S/C27H27F3O5S.C27H31N3O6S.C24H25N3O7S/c1-26(2,3)16-21(31)17-36(32,33)25-15-20(27(28,29)30)10-13-24(25)35-23-7-5-6-19(14-23)18-8-11-22(34-4)12-9-18;1-27(2,3)28-26(32)29-37(33,34)24-17-20(25(31)30(4)5)12-15-23(24)36-22-9-7-8-19(16-22)18-10-13-21(35-6)14-11-18;1-24(2,3)25-23(28)26-35(31,32)22-15-18(27(29)30)10-13-21(22)34-20-7-5-6-17(14-20)16-8-11-19(33-4)12-9-16/h5-15H,16-17H2,1-4H3;7-17H,1-6H3,(H2,28,29,32);5-15H,1-4H3,(H2,25,26,28). The summed E-state index contributed by atoms with van der Waals surface area (Å²) < 4.78 is 156. The molecule has 9 rings (SSSR count). The van der Waals surface area contributed by atoms with Gasteiger partial charge in [-0.2, -0.15) is 13.2 Å². The molecule has 9 aromatic rings. The quantitative estimate of drug-likeness (QED) is 0.0362. The van der Waals surface area contributed by atoms with Crippen LogP contribution in [0.25, 0.3) is 33.4 Å². The van der Waals surface area contributed by atoms with Crippen LogP contribution in [0.15, 0.2) is 215 Å². The Bertz CT molecular complexity index is 5100. The number of nitro groups is 1. The Hall–Kier alpha value is -11.5. The number of nitrogens with one attached hydrogen (secondary N) is 4. The number of halogens is 3. The number of carbonyl (C=O) groups excluding carboxylic acids is 4. The molecule has 0 aromatic heterocycles. The first-order chi connectivity index (χ1) is 50.3. The minimum Gasteiger partial charge on any atom is -0.497 e. The minimum atomic E-state index is -4.77. The van der Waals surface area contributed by atoms with Gasteiger partial charge in [-0.1, -0.05) is 93.6 Å². The summed E-state index contributed by atoms with van der Waals surface area (Å²) in [6, 6.07) is 50.2. The summed E-state index contributed by atoms with van der Waals surface area (Å²) in [7, 11) is -5.52. The first-order valence-corrected chi connectivity index (χ1v) is 37.5. The lowest BCUT2D eigenvalue weighted by atomic mass is 9.90. The van der Waals surface area contributed by atoms with Crippen LogP contribution in [0.3, 0.4) is 0 Å². The number of methoxy groups -OCH3 is 3. The van der Waals surface area contributed by atoms with Crippen molar-refractivity contribution in [2.45, 2.75) is 101 Å². The van der Waals surface area contributed by atoms with Crippen LogP contribution in [0.2, 0.25) is 0 Å². The van der Waals surface area contributed by atoms with Crippen molar-refractivity contribution in [2.75, 3.05) is 41.2 Å². The number of alkyl halides is 3. The number of ether oxygens (including phenoxy) is 6. The molecule has 9 aromatic carbocycles. The van der Waals surface area contributed by atoms with Crippen LogP contribution in [-0.2, 0) is 40.9 Å². The number of ketones is 1. The molecular weight excluding hydrogens is 1460 g/mol. The summed E-state index contributed by atoms with van der Waals surface area (Å²) in [6.45, 7) is 15.5. The summed E-state index contributed by atoms with van der Waals surface area (Å²) in [5, 5.41) is 16.3. The molecular formula is C78H83F3N6O18S3. The number of nitro benzene ring substituents is 1. The van der Waals surface area contributed by atoms with Gasteiger partial charge in [-0.05, 0) is 196 Å². The maximum absolute atomic E-state index is 13.4. The predicted octanol–water partition coefficient (Wildman–Crippen LogP) is 16.4. The van der Waals surface area contributed by atoms with Crippen LogP contribution in [0.1, 0.15) is 84.7 Å². The van der Waals surface area contributed by atoms with Crippen LogP contribution in [0.5, 0.6) is 51.7 Å². The van der Waals surface area contributed by atoms with Gasteiger partial charge in [0, 0.05) is 49.3 Å². The number of amides is 5. The number of sulfone groups is 1. The van der Waals surface area contributed by atoms with Crippen LogP contribution in [-0.4, -0.2) is 111 Å². The number of non-ortho nitro benzene ring substituents is 1. The summed E-state index contributed by atoms with van der Waals surface area (Å²) in [5.41, 5.74) is 1.65. The number of hydrogen-bond donors (Lipinski definition) is 4. The van der Waals surface area contributed by atoms with Crippen molar-refractivity contribution in [3.05, 3.63) is 221 Å². The van der Waals surface area contributed by atoms with Crippen molar-refractivity contribution in [3.8, 4) is 85.1 Å². The van der Waals surface area contributed by atoms with E-state index in [-0.39, 0.29) is 39.9 Å². The molecule has 0 bridgehead atoms. The van der Waals surface area contributed by atoms with Crippen molar-refractivity contribution < 1.29 is 90.9 Å². The second-order valence-electron chi connectivity index (χ2n) is 27.6. The Morgan fingerprint density at radius 3 is 1.15 bits per heavy atom. The summed E-state index contributed by atoms with van der Waals surface area (Å²) >= 11 is 0. The van der Waals surface area contributed by atoms with Gasteiger partial charge >= 0.3 is 18.2 Å². The zero-order valence-electron chi connectivity index (χ0n) is 61.6. The fourth-order valence-electron chi connectivity index (χ4n) is 10.1. The van der Waals surface area contributed by atoms with E-state index in [4.69, 9.17) is 28.4 Å². The van der Waals surface area contributed by atoms with Crippen molar-refractivity contribution >= 4 is 59.3 Å². The first-order valence-electron chi connectivity index (χ1n) is 32.9. The molecule has 108 heavy (non-hydrogen) atoms. The van der Waals surface area contributed by atoms with E-state index in [1.54, 1.807) is 177 Å². The van der Waals surface area contributed by atoms with E-state index in [1.807, 2.05) is 76.2 Å². The molecule has 0 saturated heterocycles. The second kappa shape index (κ2) is 34.8. The highest BCUT2D eigenvalue weighted by Gasteiger charge is 2.35. The molecule has 0 fully saturated rings. The summed E-state index contributed by atoms with van der Waals surface area (Å²) in [5.74, 6) is 0.552. The molecule has 0 heterocycles. The molecule has 0 saturated carbocycles. The minimum absolute atomic E-state index is 0.0364. The number of rotatable bonds is 22. The van der Waals surface area contributed by atoms with Gasteiger partial charge in [-0.15, -0.1) is 0 Å². The van der Waals surface area contributed by atoms with Gasteiger partial charge in [0.15, 0.2) is 9.84 Å². The molecule has 0 aliphatic heterocycles. The first kappa shape index (κ1) is 83.8. The lowest BCUT2D eigenvalue weighted by molar-refractivity contribution is -0.385. The van der Waals surface area contributed by atoms with Crippen LogP contribution < -0.4 is 48.5 Å². The number of Topliss-reactive ketones (excluding diaryl/α,β-unsaturated/α-hetero) is 1. The Labute approximate surface area is 625 Å². The van der Waals surface area contributed by atoms with E-state index in [1.165, 1.54) is 29.2 Å². The van der Waals surface area contributed by atoms with Crippen molar-refractivity contribution in [1.82, 2.24) is 25.0 Å². The van der Waals surface area contributed by atoms with E-state index >= 15 is 0 Å². The molecule has 0 spiro atoms. The van der Waals surface area contributed by atoms with E-state index in [2.05, 4.69) is 10.6 Å². The maximum atomic E-state index is 13.4. The molecule has 0 aliphatic carbocycles. The van der Waals surface area contributed by atoms with Gasteiger partial charge in [0.1, 0.15) is 78.0 Å². The third-order valence-electron chi connectivity index (χ3n) is 14.9. The van der Waals surface area contributed by atoms with Crippen LogP contribution >= 0.6 is 0 Å². The third-order valence-corrected chi connectivity index (χ3v) is 19.3. The van der Waals surface area contributed by atoms with Gasteiger partial charge < -0.3 is 44.0 Å². The molecule has 5 amide bonds. The van der Waals surface area contributed by atoms with Crippen molar-refractivity contribution in [2.24, 2.45) is 5.41 Å². The Kier molecular flexibility index (Phi) is 27.0. The normalized spacial score (nSPS) is 11.7. The van der Waals surface area contributed by atoms with Gasteiger partial charge in [0.05, 0.1) is 31.8 Å². The number of hydrogen-bond acceptors (Lipinski definition) is 18. The van der Waals surface area contributed by atoms with E-state index in [9.17, 15) is 67.7 Å². The van der Waals surface area contributed by atoms with Crippen molar-refractivity contribution in [3.63, 3.8) is 0 Å². The highest BCUT2D eigenvalue weighted by Crippen LogP contribution is 2.40. The molecule has 0 radical (unpaired) electrons. The fourth-order valence-corrected chi connectivity index (χ4v) is 13.6. The Morgan fingerprint density at radius 1 is 0.444 bits per heavy atom. The summed E-state index contributed by atoms with van der Waals surface area (Å²) in [6.07, 6.45) is -4.81. The number of benzene rings is 9. The lowest BCUT2D eigenvalue weighted by Gasteiger charge is -2.21. The van der Waals surface area contributed by atoms with Crippen LogP contribution in [0, 0.1) is 15.5 Å². The van der Waals surface area contributed by atoms with E-state index in [0.29, 0.717) is 29.1 Å². The second-order valence-corrected chi connectivity index (χ2v) is 32.9. The number of sulfonamides is 2. The highest BCUT2D eigenvalue weighted by molar-refractivity contribution is 7.92. The van der Waals surface area contributed by atoms with Gasteiger partial charge in [0.25, 0.3) is 31.6 Å². The molecule has 24 nitrogen and oxygen atoms in total. The van der Waals surface area contributed by atoms with Crippen LogP contribution in [0.4, 0.5) is 28.4 Å². The summed E-state index contributed by atoms with van der Waals surface area (Å²) in [4.78, 5) is 59.8. The van der Waals surface area contributed by atoms with Gasteiger partial charge in [0.2, 0.25) is 0 Å². The smallest absolute Gasteiger partial charge is 0.416 e. The lowest BCUT2D eigenvalue weighted by Crippen LogP contribution is -2.48. The van der Waals surface area contributed by atoms with Gasteiger partial charge in [-0.3, -0.25) is 19.7 Å². The Balaban J connectivity index is 0.000000226. The zero-order valence-corrected chi connectivity index (χ0v) is 64.0. The molecule has 0 unspecified atom stereocenters. The maximum Gasteiger partial charge on any atom is 0.416 e. The Morgan fingerprint density at radius 2 is 0.806 bits per heavy atom. The van der Waals surface area contributed by atoms with E-state index < -0.39 is 108 Å². The monoisotopic (exact) mass is 1540 g/mol. The predicted molar refractivity (Wildman–Crippen MR) is 403 cm³/mol. The number of carbonyl (C=O) groups is 4. The molecule has 572 valence electrons. The average Bonchev–Trinajstić information content (AvgIpc) is 0.797. The molecule has 4 N–H and O–H groups in total. The molecule has 0 atom stereocenters. The topological polar surface area (TPSA) is 321 Å². The molecule has 0 aliphatic rings. The fraction of sp³-hybridized carbons (Fsp3) is 0.256. The zero-order chi connectivity index (χ0) is 79.9. The SMILES string of the molecule is COc1ccc(-c2cccc(Oc3ccc(C(=O)N(C)C)cc3S(=O)(=O)NC(=O)NC(C)(C)C)c2)cc1.COc1ccc(-c2cccc(Oc3ccc(C(F)(F)F)cc3S(=O)(=O)CC(=O)CC(C)(C)C)c2)cc1.COc1ccc(-c2cccc(Oc3ccc([N+](=O)[O-])cc3S(=O)(=O)NC(=O)NC(C)(C)C)c2)cc1. The van der Waals surface area contributed by atoms with Crippen molar-refractivity contribution in [1.29, 1.82) is 0 Å². The largest absolute Gasteiger partial charge is 0.497 e.